The number of allylic oxidation sites excluding steroid dienone is 8. The van der Waals surface area contributed by atoms with Crippen molar-refractivity contribution in [2.75, 3.05) is 6.61 Å². The molecule has 5 N–H and O–H groups in total. The average Bonchev–Trinajstić information content (AvgIpc) is 3.25. The quantitative estimate of drug-likeness (QED) is 0.0310. The molecule has 0 bridgehead atoms. The zero-order chi connectivity index (χ0) is 43.8. The second-order valence-electron chi connectivity index (χ2n) is 17.8. The van der Waals surface area contributed by atoms with E-state index in [1.807, 2.05) is 0 Å². The van der Waals surface area contributed by atoms with Gasteiger partial charge in [-0.1, -0.05) is 229 Å². The normalized spacial score (nSPS) is 14.3. The second-order valence-corrected chi connectivity index (χ2v) is 17.8. The van der Waals surface area contributed by atoms with Crippen molar-refractivity contribution in [1.82, 2.24) is 5.32 Å². The Kier molecular flexibility index (Phi) is 46.9. The molecule has 0 spiro atoms. The monoisotopic (exact) mass is 844 g/mol. The molecule has 352 valence electrons. The number of aliphatic hydroxyl groups excluding tert-OH is 4. The summed E-state index contributed by atoms with van der Waals surface area (Å²) in [6.45, 7) is 3.95. The lowest BCUT2D eigenvalue weighted by Gasteiger charge is -2.27. The Balaban J connectivity index is 3.72. The van der Waals surface area contributed by atoms with E-state index >= 15 is 0 Å². The molecular formula is C54H101NO5. The maximum Gasteiger partial charge on any atom is 0.249 e. The van der Waals surface area contributed by atoms with Gasteiger partial charge in [0, 0.05) is 0 Å². The van der Waals surface area contributed by atoms with Crippen molar-refractivity contribution in [3.8, 4) is 0 Å². The van der Waals surface area contributed by atoms with Gasteiger partial charge in [0.25, 0.3) is 0 Å². The SMILES string of the molecule is CC/C=C\C/C=C\CCCCCCCCCCCCCCCC(O)C(=O)NC(CO)C(O)C(O)CCC/C=C/CC/C=C/CCCCCCCCCCCCCCCCC. The van der Waals surface area contributed by atoms with Gasteiger partial charge in [-0.05, 0) is 77.0 Å². The van der Waals surface area contributed by atoms with Crippen LogP contribution in [0.5, 0.6) is 0 Å². The predicted octanol–water partition coefficient (Wildman–Crippen LogP) is 14.6. The predicted molar refractivity (Wildman–Crippen MR) is 260 cm³/mol. The van der Waals surface area contributed by atoms with Crippen LogP contribution in [-0.4, -0.2) is 57.3 Å². The summed E-state index contributed by atoms with van der Waals surface area (Å²) in [6.07, 6.45) is 60.2. The minimum Gasteiger partial charge on any atom is -0.394 e. The molecule has 0 radical (unpaired) electrons. The topological polar surface area (TPSA) is 110 Å². The van der Waals surface area contributed by atoms with Gasteiger partial charge in [-0.3, -0.25) is 4.79 Å². The minimum atomic E-state index is -1.29. The van der Waals surface area contributed by atoms with E-state index in [1.165, 1.54) is 173 Å². The second kappa shape index (κ2) is 48.3. The van der Waals surface area contributed by atoms with E-state index in [-0.39, 0.29) is 0 Å². The standard InChI is InChI=1S/C54H101NO5/c1-3-5-7-9-11-13-15-17-19-21-23-25-26-27-28-30-31-33-35-37-39-41-43-45-47-51(57)53(59)50(49-56)55-54(60)52(58)48-46-44-42-40-38-36-34-32-29-24-22-20-18-16-14-12-10-8-6-4-2/h6,8,12,14,31,33,39,41,50-53,56-59H,3-5,7,9-11,13,15-30,32,34-38,40,42-49H2,1-2H3,(H,55,60)/b8-6-,14-12-,33-31+,41-39+. The van der Waals surface area contributed by atoms with Crippen LogP contribution in [0.15, 0.2) is 48.6 Å². The van der Waals surface area contributed by atoms with Gasteiger partial charge in [0.05, 0.1) is 18.8 Å². The van der Waals surface area contributed by atoms with Crippen LogP contribution in [0.2, 0.25) is 0 Å². The minimum absolute atomic E-state index is 0.358. The third-order valence-electron chi connectivity index (χ3n) is 12.0. The molecule has 0 aromatic carbocycles. The Morgan fingerprint density at radius 3 is 1.23 bits per heavy atom. The molecule has 4 atom stereocenters. The fraction of sp³-hybridized carbons (Fsp3) is 0.833. The molecule has 0 rings (SSSR count). The summed E-state index contributed by atoms with van der Waals surface area (Å²) in [4.78, 5) is 12.6. The van der Waals surface area contributed by atoms with E-state index < -0.39 is 36.9 Å². The van der Waals surface area contributed by atoms with Crippen LogP contribution < -0.4 is 5.32 Å². The zero-order valence-electron chi connectivity index (χ0n) is 39.7. The summed E-state index contributed by atoms with van der Waals surface area (Å²) >= 11 is 0. The summed E-state index contributed by atoms with van der Waals surface area (Å²) in [5, 5.41) is 43.9. The maximum atomic E-state index is 12.6. The number of nitrogens with one attached hydrogen (secondary N) is 1. The van der Waals surface area contributed by atoms with Crippen LogP contribution in [0, 0.1) is 0 Å². The maximum absolute atomic E-state index is 12.6. The Morgan fingerprint density at radius 1 is 0.433 bits per heavy atom. The van der Waals surface area contributed by atoms with Crippen LogP contribution >= 0.6 is 0 Å². The third-order valence-corrected chi connectivity index (χ3v) is 12.0. The Labute approximate surface area is 372 Å². The van der Waals surface area contributed by atoms with Gasteiger partial charge in [-0.2, -0.15) is 0 Å². The van der Waals surface area contributed by atoms with E-state index in [0.29, 0.717) is 19.3 Å². The highest BCUT2D eigenvalue weighted by molar-refractivity contribution is 5.80. The Bertz CT molecular complexity index is 993. The van der Waals surface area contributed by atoms with Crippen molar-refractivity contribution >= 4 is 5.91 Å². The summed E-state index contributed by atoms with van der Waals surface area (Å²) in [6, 6.07) is -1.01. The van der Waals surface area contributed by atoms with Gasteiger partial charge in [0.2, 0.25) is 5.91 Å². The highest BCUT2D eigenvalue weighted by Gasteiger charge is 2.28. The molecule has 6 nitrogen and oxygen atoms in total. The summed E-state index contributed by atoms with van der Waals surface area (Å²) in [7, 11) is 0. The van der Waals surface area contributed by atoms with E-state index in [1.54, 1.807) is 0 Å². The lowest BCUT2D eigenvalue weighted by Crippen LogP contribution is -2.53. The highest BCUT2D eigenvalue weighted by atomic mass is 16.3. The highest BCUT2D eigenvalue weighted by Crippen LogP contribution is 2.16. The van der Waals surface area contributed by atoms with Crippen molar-refractivity contribution < 1.29 is 25.2 Å². The first-order chi connectivity index (χ1) is 29.5. The zero-order valence-corrected chi connectivity index (χ0v) is 39.7. The molecule has 0 heterocycles. The number of unbranched alkanes of at least 4 members (excludes halogenated alkanes) is 30. The van der Waals surface area contributed by atoms with E-state index in [2.05, 4.69) is 67.8 Å². The van der Waals surface area contributed by atoms with Crippen molar-refractivity contribution in [2.24, 2.45) is 0 Å². The molecule has 0 aliphatic heterocycles. The summed E-state index contributed by atoms with van der Waals surface area (Å²) in [5.74, 6) is -0.598. The van der Waals surface area contributed by atoms with Crippen molar-refractivity contribution in [3.05, 3.63) is 48.6 Å². The molecule has 60 heavy (non-hydrogen) atoms. The van der Waals surface area contributed by atoms with Gasteiger partial charge in [0.15, 0.2) is 0 Å². The number of carbonyl (C=O) groups excluding carboxylic acids is 1. The van der Waals surface area contributed by atoms with E-state index in [9.17, 15) is 25.2 Å². The Morgan fingerprint density at radius 2 is 0.800 bits per heavy atom. The van der Waals surface area contributed by atoms with E-state index in [4.69, 9.17) is 0 Å². The number of hydrogen-bond acceptors (Lipinski definition) is 5. The van der Waals surface area contributed by atoms with Gasteiger partial charge >= 0.3 is 0 Å². The fourth-order valence-electron chi connectivity index (χ4n) is 7.93. The Hall–Kier alpha value is -1.73. The van der Waals surface area contributed by atoms with Crippen LogP contribution in [0.3, 0.4) is 0 Å². The molecule has 0 saturated heterocycles. The molecule has 0 aromatic heterocycles. The molecule has 0 saturated carbocycles. The van der Waals surface area contributed by atoms with Crippen LogP contribution in [0.4, 0.5) is 0 Å². The van der Waals surface area contributed by atoms with Crippen LogP contribution in [0.1, 0.15) is 258 Å². The van der Waals surface area contributed by atoms with Crippen molar-refractivity contribution in [1.29, 1.82) is 0 Å². The average molecular weight is 844 g/mol. The molecular weight excluding hydrogens is 743 g/mol. The molecule has 0 aromatic rings. The first-order valence-electron chi connectivity index (χ1n) is 26.0. The first kappa shape index (κ1) is 58.3. The van der Waals surface area contributed by atoms with Gasteiger partial charge in [0.1, 0.15) is 12.2 Å². The third kappa shape index (κ3) is 41.6. The summed E-state index contributed by atoms with van der Waals surface area (Å²) in [5.41, 5.74) is 0. The van der Waals surface area contributed by atoms with Crippen LogP contribution in [0.25, 0.3) is 0 Å². The molecule has 0 aliphatic rings. The van der Waals surface area contributed by atoms with Gasteiger partial charge in [-0.25, -0.2) is 0 Å². The molecule has 1 amide bonds. The number of rotatable bonds is 47. The lowest BCUT2D eigenvalue weighted by atomic mass is 10.00. The van der Waals surface area contributed by atoms with E-state index in [0.717, 1.165) is 51.4 Å². The first-order valence-corrected chi connectivity index (χ1v) is 26.0. The number of hydrogen-bond donors (Lipinski definition) is 5. The molecule has 6 heteroatoms. The molecule has 0 aliphatic carbocycles. The molecule has 0 fully saturated rings. The van der Waals surface area contributed by atoms with Crippen LogP contribution in [-0.2, 0) is 4.79 Å². The smallest absolute Gasteiger partial charge is 0.249 e. The lowest BCUT2D eigenvalue weighted by molar-refractivity contribution is -0.132. The largest absolute Gasteiger partial charge is 0.394 e. The fourth-order valence-corrected chi connectivity index (χ4v) is 7.93. The molecule has 4 unspecified atom stereocenters. The number of carbonyl (C=O) groups is 1. The number of aliphatic hydroxyl groups is 4. The number of amides is 1. The van der Waals surface area contributed by atoms with Gasteiger partial charge in [-0.15, -0.1) is 0 Å². The van der Waals surface area contributed by atoms with Gasteiger partial charge < -0.3 is 25.7 Å². The summed E-state index contributed by atoms with van der Waals surface area (Å²) < 4.78 is 0. The van der Waals surface area contributed by atoms with Crippen molar-refractivity contribution in [2.45, 2.75) is 282 Å². The van der Waals surface area contributed by atoms with Crippen molar-refractivity contribution in [3.63, 3.8) is 0 Å².